The van der Waals surface area contributed by atoms with Crippen LogP contribution in [0.1, 0.15) is 0 Å². The molecule has 0 spiro atoms. The molecule has 0 aromatic heterocycles. The van der Waals surface area contributed by atoms with Gasteiger partial charge in [-0.25, -0.2) is 14.0 Å². The van der Waals surface area contributed by atoms with E-state index in [4.69, 9.17) is 16.7 Å². The number of carbonyl (C=O) groups is 3. The van der Waals surface area contributed by atoms with Gasteiger partial charge in [-0.2, -0.15) is 0 Å². The van der Waals surface area contributed by atoms with Gasteiger partial charge in [-0.15, -0.1) is 0 Å². The Bertz CT molecular complexity index is 583. The molecule has 0 aliphatic carbocycles. The summed E-state index contributed by atoms with van der Waals surface area (Å²) in [5.74, 6) is -2.86. The summed E-state index contributed by atoms with van der Waals surface area (Å²) in [6.07, 6.45) is 1.24. The van der Waals surface area contributed by atoms with E-state index < -0.39 is 23.7 Å². The maximum absolute atomic E-state index is 13.0. The van der Waals surface area contributed by atoms with Gasteiger partial charge in [0.05, 0.1) is 10.7 Å². The SMILES string of the molecule is O=C(O)/C=C/C(=O)NC(=O)Nc1c(Cl)cc(F)cc1Br. The van der Waals surface area contributed by atoms with E-state index in [1.807, 2.05) is 5.32 Å². The third kappa shape index (κ3) is 4.98. The highest BCUT2D eigenvalue weighted by atomic mass is 79.9. The van der Waals surface area contributed by atoms with Crippen molar-refractivity contribution in [3.8, 4) is 0 Å². The van der Waals surface area contributed by atoms with Crippen LogP contribution in [0, 0.1) is 5.82 Å². The Labute approximate surface area is 125 Å². The molecular formula is C11H7BrClFN2O4. The summed E-state index contributed by atoms with van der Waals surface area (Å²) in [4.78, 5) is 32.8. The molecule has 1 aromatic rings. The first-order valence-corrected chi connectivity index (χ1v) is 6.14. The highest BCUT2D eigenvalue weighted by Crippen LogP contribution is 2.31. The van der Waals surface area contributed by atoms with E-state index >= 15 is 0 Å². The quantitative estimate of drug-likeness (QED) is 0.717. The lowest BCUT2D eigenvalue weighted by Gasteiger charge is -2.09. The number of amides is 3. The van der Waals surface area contributed by atoms with Gasteiger partial charge in [0.25, 0.3) is 5.91 Å². The number of carboxylic acid groups (broad SMARTS) is 1. The van der Waals surface area contributed by atoms with Crippen molar-refractivity contribution in [3.63, 3.8) is 0 Å². The monoisotopic (exact) mass is 364 g/mol. The second-order valence-electron chi connectivity index (χ2n) is 3.36. The molecule has 20 heavy (non-hydrogen) atoms. The van der Waals surface area contributed by atoms with Crippen LogP contribution in [0.15, 0.2) is 28.8 Å². The Balaban J connectivity index is 2.73. The number of aliphatic carboxylic acids is 1. The molecule has 6 nitrogen and oxygen atoms in total. The number of carboxylic acids is 1. The average molecular weight is 366 g/mol. The van der Waals surface area contributed by atoms with Crippen LogP contribution >= 0.6 is 27.5 Å². The lowest BCUT2D eigenvalue weighted by molar-refractivity contribution is -0.131. The van der Waals surface area contributed by atoms with Crippen molar-refractivity contribution in [2.45, 2.75) is 0 Å². The first-order valence-electron chi connectivity index (χ1n) is 4.97. The first-order chi connectivity index (χ1) is 9.29. The zero-order valence-corrected chi connectivity index (χ0v) is 12.0. The predicted octanol–water partition coefficient (Wildman–Crippen LogP) is 2.53. The van der Waals surface area contributed by atoms with E-state index in [9.17, 15) is 18.8 Å². The molecule has 0 fully saturated rings. The minimum Gasteiger partial charge on any atom is -0.478 e. The number of hydrogen-bond acceptors (Lipinski definition) is 3. The van der Waals surface area contributed by atoms with Crippen LogP contribution in [0.3, 0.4) is 0 Å². The number of rotatable bonds is 3. The van der Waals surface area contributed by atoms with Crippen LogP contribution in [-0.4, -0.2) is 23.0 Å². The average Bonchev–Trinajstić information content (AvgIpc) is 2.31. The highest BCUT2D eigenvalue weighted by molar-refractivity contribution is 9.10. The standard InChI is InChI=1S/C11H7BrClFN2O4/c12-6-3-5(14)4-7(13)10(6)16-11(20)15-8(17)1-2-9(18)19/h1-4H,(H,18,19)(H2,15,16,17,20)/b2-1+. The molecule has 0 aliphatic rings. The summed E-state index contributed by atoms with van der Waals surface area (Å²) in [5, 5.41) is 12.3. The Kier molecular flexibility index (Phi) is 5.66. The topological polar surface area (TPSA) is 95.5 Å². The third-order valence-electron chi connectivity index (χ3n) is 1.86. The Morgan fingerprint density at radius 1 is 1.30 bits per heavy atom. The number of hydrogen-bond donors (Lipinski definition) is 3. The number of nitrogens with one attached hydrogen (secondary N) is 2. The van der Waals surface area contributed by atoms with Gasteiger partial charge in [0.1, 0.15) is 5.82 Å². The zero-order chi connectivity index (χ0) is 15.3. The van der Waals surface area contributed by atoms with Gasteiger partial charge in [-0.05, 0) is 28.1 Å². The van der Waals surface area contributed by atoms with Crippen molar-refractivity contribution in [1.29, 1.82) is 0 Å². The minimum atomic E-state index is -1.33. The van der Waals surface area contributed by atoms with E-state index in [1.165, 1.54) is 0 Å². The maximum Gasteiger partial charge on any atom is 0.328 e. The lowest BCUT2D eigenvalue weighted by atomic mass is 10.3. The van der Waals surface area contributed by atoms with Gasteiger partial charge < -0.3 is 10.4 Å². The Hall–Kier alpha value is -1.93. The van der Waals surface area contributed by atoms with Crippen LogP contribution in [-0.2, 0) is 9.59 Å². The van der Waals surface area contributed by atoms with Crippen LogP contribution in [0.2, 0.25) is 5.02 Å². The van der Waals surface area contributed by atoms with Crippen LogP contribution in [0.25, 0.3) is 0 Å². The van der Waals surface area contributed by atoms with Gasteiger partial charge in [0.2, 0.25) is 0 Å². The van der Waals surface area contributed by atoms with Crippen molar-refractivity contribution in [2.75, 3.05) is 5.32 Å². The number of imide groups is 1. The molecule has 3 N–H and O–H groups in total. The van der Waals surface area contributed by atoms with Crippen molar-refractivity contribution >= 4 is 51.1 Å². The van der Waals surface area contributed by atoms with Crippen LogP contribution in [0.4, 0.5) is 14.9 Å². The predicted molar refractivity (Wildman–Crippen MR) is 73.0 cm³/mol. The fourth-order valence-electron chi connectivity index (χ4n) is 1.11. The molecule has 0 aliphatic heterocycles. The van der Waals surface area contributed by atoms with E-state index in [-0.39, 0.29) is 15.2 Å². The second kappa shape index (κ2) is 7.01. The largest absolute Gasteiger partial charge is 0.478 e. The fraction of sp³-hybridized carbons (Fsp3) is 0. The van der Waals surface area contributed by atoms with Crippen molar-refractivity contribution < 1.29 is 23.9 Å². The number of carbonyl (C=O) groups excluding carboxylic acids is 2. The first kappa shape index (κ1) is 16.1. The molecule has 1 rings (SSSR count). The molecule has 3 amide bonds. The summed E-state index contributed by atoms with van der Waals surface area (Å²) in [7, 11) is 0. The van der Waals surface area contributed by atoms with Crippen molar-refractivity contribution in [1.82, 2.24) is 5.32 Å². The third-order valence-corrected chi connectivity index (χ3v) is 2.78. The number of urea groups is 1. The van der Waals surface area contributed by atoms with Crippen LogP contribution < -0.4 is 10.6 Å². The fourth-order valence-corrected chi connectivity index (χ4v) is 2.01. The van der Waals surface area contributed by atoms with E-state index in [2.05, 4.69) is 21.2 Å². The molecule has 0 bridgehead atoms. The van der Waals surface area contributed by atoms with Crippen LogP contribution in [0.5, 0.6) is 0 Å². The zero-order valence-electron chi connectivity index (χ0n) is 9.62. The summed E-state index contributed by atoms with van der Waals surface area (Å²) in [6.45, 7) is 0. The molecule has 9 heteroatoms. The normalized spacial score (nSPS) is 10.3. The summed E-state index contributed by atoms with van der Waals surface area (Å²) in [5.41, 5.74) is 0.0700. The molecule has 1 aromatic carbocycles. The van der Waals surface area contributed by atoms with Crippen molar-refractivity contribution in [3.05, 3.63) is 39.6 Å². The van der Waals surface area contributed by atoms with E-state index in [0.717, 1.165) is 12.1 Å². The molecule has 0 radical (unpaired) electrons. The summed E-state index contributed by atoms with van der Waals surface area (Å²) < 4.78 is 13.2. The summed E-state index contributed by atoms with van der Waals surface area (Å²) >= 11 is 8.73. The van der Waals surface area contributed by atoms with Crippen molar-refractivity contribution in [2.24, 2.45) is 0 Å². The Morgan fingerprint density at radius 3 is 2.50 bits per heavy atom. The minimum absolute atomic E-state index is 0.0689. The number of benzene rings is 1. The lowest BCUT2D eigenvalue weighted by Crippen LogP contribution is -2.33. The van der Waals surface area contributed by atoms with E-state index in [0.29, 0.717) is 12.2 Å². The second-order valence-corrected chi connectivity index (χ2v) is 4.62. The molecule has 0 saturated carbocycles. The molecule has 0 unspecified atom stereocenters. The van der Waals surface area contributed by atoms with Gasteiger partial charge in [-0.3, -0.25) is 10.1 Å². The smallest absolute Gasteiger partial charge is 0.328 e. The van der Waals surface area contributed by atoms with E-state index in [1.54, 1.807) is 0 Å². The molecule has 0 saturated heterocycles. The van der Waals surface area contributed by atoms with Gasteiger partial charge in [0, 0.05) is 16.6 Å². The summed E-state index contributed by atoms with van der Waals surface area (Å²) in [6, 6.07) is 1.11. The number of halogens is 3. The Morgan fingerprint density at radius 2 is 1.95 bits per heavy atom. The molecule has 0 heterocycles. The van der Waals surface area contributed by atoms with Gasteiger partial charge in [-0.1, -0.05) is 11.6 Å². The highest BCUT2D eigenvalue weighted by Gasteiger charge is 2.12. The van der Waals surface area contributed by atoms with Gasteiger partial charge in [0.15, 0.2) is 0 Å². The molecule has 0 atom stereocenters. The molecule has 106 valence electrons. The maximum atomic E-state index is 13.0. The molecular weight excluding hydrogens is 358 g/mol. The number of anilines is 1. The van der Waals surface area contributed by atoms with Gasteiger partial charge >= 0.3 is 12.0 Å².